The second kappa shape index (κ2) is 26.5. The zero-order valence-electron chi connectivity index (χ0n) is 39.6. The maximum atomic E-state index is 11.4. The molecule has 0 saturated heterocycles. The Morgan fingerprint density at radius 1 is 0.522 bits per heavy atom. The minimum atomic E-state index is -3.93. The van der Waals surface area contributed by atoms with Crippen molar-refractivity contribution in [1.29, 1.82) is 0 Å². The van der Waals surface area contributed by atoms with Crippen LogP contribution in [-0.4, -0.2) is 11.6 Å². The van der Waals surface area contributed by atoms with Gasteiger partial charge in [-0.05, 0) is 71.6 Å². The second-order valence-electron chi connectivity index (χ2n) is 19.9. The van der Waals surface area contributed by atoms with Crippen molar-refractivity contribution in [2.45, 2.75) is 165 Å². The number of alkyl halides is 3. The molecule has 0 nitrogen and oxygen atoms in total. The first-order valence-corrected chi connectivity index (χ1v) is 31.3. The number of halogens is 5. The van der Waals surface area contributed by atoms with Crippen LogP contribution in [0.2, 0.25) is 12.6 Å². The van der Waals surface area contributed by atoms with Gasteiger partial charge < -0.3 is 24.8 Å². The summed E-state index contributed by atoms with van der Waals surface area (Å²) in [4.78, 5) is 0. The van der Waals surface area contributed by atoms with Crippen LogP contribution in [0.5, 0.6) is 0 Å². The summed E-state index contributed by atoms with van der Waals surface area (Å²) in [5.41, 5.74) is 10.5. The number of hydrogen-bond acceptors (Lipinski definition) is 0. The number of allylic oxidation sites excluding steroid dienone is 4. The molecule has 4 aromatic rings. The number of benzene rings is 4. The topological polar surface area (TPSA) is 0 Å². The summed E-state index contributed by atoms with van der Waals surface area (Å²) in [6.07, 6.45) is 40.2. The maximum Gasteiger partial charge on any atom is -0.0162 e. The van der Waals surface area contributed by atoms with E-state index in [2.05, 4.69) is 121 Å². The molecule has 0 radical (unpaired) electrons. The van der Waals surface area contributed by atoms with E-state index in [0.717, 1.165) is 23.7 Å². The largest absolute Gasteiger partial charge is 1.00 e. The van der Waals surface area contributed by atoms with Crippen LogP contribution in [0.15, 0.2) is 108 Å². The third-order valence-electron chi connectivity index (χ3n) is 14.9. The van der Waals surface area contributed by atoms with E-state index in [9.17, 15) is 13.2 Å². The summed E-state index contributed by atoms with van der Waals surface area (Å²) in [6, 6.07) is 32.6. The Kier molecular flexibility index (Phi) is 21.2. The molecule has 0 bridgehead atoms. The minimum Gasteiger partial charge on any atom is -1.00 e. The molecule has 4 aromatic carbocycles. The zero-order valence-corrected chi connectivity index (χ0v) is 44.6. The molecule has 67 heavy (non-hydrogen) atoms. The van der Waals surface area contributed by atoms with Gasteiger partial charge in [-0.3, -0.25) is 0 Å². The van der Waals surface area contributed by atoms with E-state index < -0.39 is 18.0 Å². The third-order valence-corrected chi connectivity index (χ3v) is 17.7. The van der Waals surface area contributed by atoms with Crippen LogP contribution in [0.25, 0.3) is 46.6 Å². The fraction of sp³-hybridized carbons (Fsp3) is 0.467. The van der Waals surface area contributed by atoms with Crippen molar-refractivity contribution in [3.63, 3.8) is 0 Å². The number of fused-ring (bicyclic) bond motifs is 2. The van der Waals surface area contributed by atoms with E-state index in [1.807, 2.05) is 6.55 Å². The summed E-state index contributed by atoms with van der Waals surface area (Å²) >= 11 is 1.29. The van der Waals surface area contributed by atoms with Gasteiger partial charge in [0, 0.05) is 0 Å². The molecule has 0 amide bonds. The first-order valence-electron chi connectivity index (χ1n) is 25.4. The van der Waals surface area contributed by atoms with E-state index in [1.165, 1.54) is 217 Å². The summed E-state index contributed by atoms with van der Waals surface area (Å²) in [5, 5.41) is 5.23. The first kappa shape index (κ1) is 53.7. The van der Waals surface area contributed by atoms with Crippen LogP contribution in [0.1, 0.15) is 158 Å². The molecule has 4 fully saturated rings. The molecule has 0 atom stereocenters. The third kappa shape index (κ3) is 15.7. The molecule has 7 heteroatoms. The summed E-state index contributed by atoms with van der Waals surface area (Å²) in [5.74, 6) is 3.06. The van der Waals surface area contributed by atoms with Crippen molar-refractivity contribution in [1.82, 2.24) is 0 Å². The van der Waals surface area contributed by atoms with Gasteiger partial charge in [-0.2, -0.15) is 0 Å². The van der Waals surface area contributed by atoms with Gasteiger partial charge >= 0.3 is 67.1 Å². The van der Waals surface area contributed by atoms with Gasteiger partial charge in [-0.1, -0.05) is 187 Å². The molecule has 0 spiro atoms. The Morgan fingerprint density at radius 3 is 1.21 bits per heavy atom. The Labute approximate surface area is 427 Å². The Bertz CT molecular complexity index is 2370. The van der Waals surface area contributed by atoms with E-state index >= 15 is 0 Å². The molecule has 0 N–H and O–H groups in total. The van der Waals surface area contributed by atoms with Crippen molar-refractivity contribution in [3.8, 4) is 22.3 Å². The minimum absolute atomic E-state index is 0. The van der Waals surface area contributed by atoms with Crippen LogP contribution < -0.4 is 45.7 Å². The molecule has 0 aromatic heterocycles. The Balaban J connectivity index is 0.000000183. The van der Waals surface area contributed by atoms with Gasteiger partial charge in [-0.15, -0.1) is 80.6 Å². The Hall–Kier alpha value is -2.69. The smallest absolute Gasteiger partial charge is 0.0162 e. The van der Waals surface area contributed by atoms with Crippen molar-refractivity contribution < 1.29 is 61.3 Å². The quantitative estimate of drug-likeness (QED) is 0.122. The zero-order chi connectivity index (χ0) is 45.0. The van der Waals surface area contributed by atoms with Crippen LogP contribution in [-0.2, 0) is 23.3 Å². The molecule has 10 rings (SSSR count). The van der Waals surface area contributed by atoms with Crippen molar-refractivity contribution in [3.05, 3.63) is 140 Å². The van der Waals surface area contributed by atoms with E-state index in [-0.39, 0.29) is 24.8 Å². The van der Waals surface area contributed by atoms with Gasteiger partial charge in [0.25, 0.3) is 0 Å². The normalized spacial score (nSPS) is 19.9. The second-order valence-corrected chi connectivity index (χ2v) is 28.3. The van der Waals surface area contributed by atoms with Gasteiger partial charge in [0.2, 0.25) is 0 Å². The van der Waals surface area contributed by atoms with Gasteiger partial charge in [-0.25, -0.2) is 0 Å². The molecule has 4 saturated carbocycles. The number of hydrogen-bond donors (Lipinski definition) is 0. The predicted octanol–water partition coefficient (Wildman–Crippen LogP) is 8.83. The van der Waals surface area contributed by atoms with Crippen LogP contribution in [0.3, 0.4) is 0 Å². The Morgan fingerprint density at radius 2 is 0.881 bits per heavy atom. The van der Waals surface area contributed by atoms with Crippen molar-refractivity contribution in [2.24, 2.45) is 11.8 Å². The maximum absolute atomic E-state index is 11.4. The SMILES string of the molecule is C[Si](=[Zr+2])CCC(F)(F)F.[C-]1=c2cccc(-c3ccc(C4CCCCC4)cc3)c2=CC1=CC1CCCCC1.[C-]1=c2cccc(-c3ccc(C4CCCCC4)cc3)c2=CC1=CC1CCCCC1.[Cl-].[Cl-]. The van der Waals surface area contributed by atoms with Crippen LogP contribution >= 0.6 is 0 Å². The van der Waals surface area contributed by atoms with Gasteiger partial charge in [0.1, 0.15) is 0 Å². The average molecular weight is 1040 g/mol. The molecular formula is C60H69Cl2F3SiZr-2. The van der Waals surface area contributed by atoms with E-state index in [0.29, 0.717) is 6.04 Å². The standard InChI is InChI=1S/2C28H31.C4H7F3Si.2ClH.Zr/c2*1-3-8-21(9-4-1)18-22-19-26-12-7-13-27(28(26)20-22)25-16-14-24(15-17-25)23-10-5-2-6-11-23;1-8-3-2-4(5,6)7;;;/h2*7,12-18,20-21,23H,1-6,8-11H2;2-3H2,1H3;2*1H;/q2*-1;;;;+2/p-2. The number of rotatable bonds is 8. The molecule has 0 heterocycles. The van der Waals surface area contributed by atoms with Crippen LogP contribution in [0.4, 0.5) is 13.2 Å². The molecule has 6 aliphatic carbocycles. The van der Waals surface area contributed by atoms with E-state index in [4.69, 9.17) is 0 Å². The van der Waals surface area contributed by atoms with Crippen LogP contribution in [0, 0.1) is 11.8 Å². The molecule has 0 unspecified atom stereocenters. The van der Waals surface area contributed by atoms with E-state index in [1.54, 1.807) is 0 Å². The summed E-state index contributed by atoms with van der Waals surface area (Å²) in [7, 11) is 0. The fourth-order valence-electron chi connectivity index (χ4n) is 11.2. The molecule has 0 aliphatic heterocycles. The molecule has 6 aliphatic rings. The van der Waals surface area contributed by atoms with Gasteiger partial charge in [0.05, 0.1) is 0 Å². The average Bonchev–Trinajstić information content (AvgIpc) is 3.96. The monoisotopic (exact) mass is 1030 g/mol. The summed E-state index contributed by atoms with van der Waals surface area (Å²) < 4.78 is 34.3. The predicted molar refractivity (Wildman–Crippen MR) is 266 cm³/mol. The summed E-state index contributed by atoms with van der Waals surface area (Å²) in [6.45, 7) is 1.93. The van der Waals surface area contributed by atoms with Crippen molar-refractivity contribution in [2.75, 3.05) is 0 Å². The first-order chi connectivity index (χ1) is 31.6. The molecule has 354 valence electrons. The fourth-order valence-corrected chi connectivity index (χ4v) is 12.8. The molecular weight excluding hydrogens is 968 g/mol. The van der Waals surface area contributed by atoms with Crippen molar-refractivity contribution >= 4 is 29.7 Å². The van der Waals surface area contributed by atoms with Gasteiger partial charge in [0.15, 0.2) is 0 Å².